The molecule has 0 aliphatic carbocycles. The Morgan fingerprint density at radius 1 is 1.15 bits per heavy atom. The minimum atomic E-state index is -1.02. The van der Waals surface area contributed by atoms with E-state index in [-0.39, 0.29) is 24.0 Å². The number of rotatable bonds is 7. The highest BCUT2D eigenvalue weighted by Gasteiger charge is 2.32. The van der Waals surface area contributed by atoms with Crippen molar-refractivity contribution in [1.82, 2.24) is 9.97 Å². The van der Waals surface area contributed by atoms with E-state index in [1.807, 2.05) is 6.92 Å². The van der Waals surface area contributed by atoms with Crippen LogP contribution in [0.2, 0.25) is 0 Å². The molecule has 0 unspecified atom stereocenters. The van der Waals surface area contributed by atoms with Gasteiger partial charge in [-0.3, -0.25) is 0 Å². The van der Waals surface area contributed by atoms with Crippen molar-refractivity contribution in [3.8, 4) is 17.0 Å². The van der Waals surface area contributed by atoms with Crippen molar-refractivity contribution in [3.63, 3.8) is 0 Å². The first kappa shape index (κ1) is 27.0. The van der Waals surface area contributed by atoms with E-state index in [0.717, 1.165) is 13.5 Å². The van der Waals surface area contributed by atoms with Crippen LogP contribution in [0.5, 0.6) is 5.75 Å². The summed E-state index contributed by atoms with van der Waals surface area (Å²) in [6.07, 6.45) is 0.0433. The van der Waals surface area contributed by atoms with Gasteiger partial charge in [-0.25, -0.2) is 23.9 Å². The van der Waals surface area contributed by atoms with Gasteiger partial charge in [0.15, 0.2) is 11.6 Å². The summed E-state index contributed by atoms with van der Waals surface area (Å²) < 4.78 is 30.3. The molecule has 1 atom stereocenters. The maximum atomic E-state index is 14.8. The predicted octanol–water partition coefficient (Wildman–Crippen LogP) is 4.93. The molecule has 0 aliphatic heterocycles. The van der Waals surface area contributed by atoms with E-state index in [1.54, 1.807) is 26.8 Å². The molecule has 1 aromatic carbocycles. The lowest BCUT2D eigenvalue weighted by molar-refractivity contribution is 0.0573. The first-order chi connectivity index (χ1) is 15.7. The third-order valence-corrected chi connectivity index (χ3v) is 4.44. The monoisotopic (exact) mass is 476 g/mol. The molecule has 0 aliphatic rings. The number of nitrogens with zero attached hydrogens (tertiary/aromatic N) is 3. The van der Waals surface area contributed by atoms with Gasteiger partial charge in [0.05, 0.1) is 12.8 Å². The Morgan fingerprint density at radius 2 is 1.82 bits per heavy atom. The second-order valence-corrected chi connectivity index (χ2v) is 9.71. The van der Waals surface area contributed by atoms with Gasteiger partial charge in [0.1, 0.15) is 12.2 Å². The number of amides is 2. The van der Waals surface area contributed by atoms with E-state index < -0.39 is 29.1 Å². The topological polar surface area (TPSA) is 117 Å². The molecule has 9 nitrogen and oxygen atoms in total. The number of nitrogens with two attached hydrogens (primary N) is 1. The number of carbonyl (C=O) groups is 2. The number of hydrogen-bond donors (Lipinski definition) is 1. The number of imide groups is 1. The van der Waals surface area contributed by atoms with Crippen molar-refractivity contribution in [2.45, 2.75) is 59.1 Å². The number of benzene rings is 1. The molecular weight excluding hydrogens is 443 g/mol. The van der Waals surface area contributed by atoms with E-state index in [0.29, 0.717) is 16.4 Å². The van der Waals surface area contributed by atoms with Crippen LogP contribution in [0, 0.1) is 11.7 Å². The standard InChI is InChI=1S/C24H33FN4O5/c1-15(2)13-24(6,26)14-33-19-9-8-16(12-17(19)25)18-10-11-27-20(28-18)29(21(30)32-7)22(31)34-23(3,4)5/h8-12,15H,13-14,26H2,1-7H3/t24-/m0/s1. The lowest BCUT2D eigenvalue weighted by Crippen LogP contribution is -2.43. The van der Waals surface area contributed by atoms with Crippen LogP contribution < -0.4 is 15.4 Å². The van der Waals surface area contributed by atoms with Crippen LogP contribution in [0.3, 0.4) is 0 Å². The van der Waals surface area contributed by atoms with E-state index >= 15 is 0 Å². The minimum absolute atomic E-state index is 0.0587. The van der Waals surface area contributed by atoms with Crippen LogP contribution in [0.4, 0.5) is 19.9 Å². The molecule has 186 valence electrons. The highest BCUT2D eigenvalue weighted by molar-refractivity contribution is 6.08. The molecular formula is C24H33FN4O5. The highest BCUT2D eigenvalue weighted by atomic mass is 19.1. The summed E-state index contributed by atoms with van der Waals surface area (Å²) >= 11 is 0. The number of aromatic nitrogens is 2. The fourth-order valence-corrected chi connectivity index (χ4v) is 3.27. The number of anilines is 1. The van der Waals surface area contributed by atoms with Gasteiger partial charge in [-0.2, -0.15) is 0 Å². The molecule has 0 saturated carbocycles. The van der Waals surface area contributed by atoms with Crippen molar-refractivity contribution in [1.29, 1.82) is 0 Å². The molecule has 2 N–H and O–H groups in total. The van der Waals surface area contributed by atoms with Gasteiger partial charge in [-0.1, -0.05) is 13.8 Å². The maximum Gasteiger partial charge on any atom is 0.427 e. The smallest absolute Gasteiger partial charge is 0.427 e. The van der Waals surface area contributed by atoms with Crippen molar-refractivity contribution < 1.29 is 28.2 Å². The first-order valence-electron chi connectivity index (χ1n) is 10.9. The van der Waals surface area contributed by atoms with Gasteiger partial charge in [-0.05, 0) is 64.3 Å². The van der Waals surface area contributed by atoms with Crippen LogP contribution >= 0.6 is 0 Å². The second kappa shape index (κ2) is 10.8. The third-order valence-electron chi connectivity index (χ3n) is 4.44. The fraction of sp³-hybridized carbons (Fsp3) is 0.500. The fourth-order valence-electron chi connectivity index (χ4n) is 3.27. The zero-order valence-electron chi connectivity index (χ0n) is 20.7. The maximum absolute atomic E-state index is 14.8. The van der Waals surface area contributed by atoms with E-state index in [1.165, 1.54) is 24.4 Å². The molecule has 2 amide bonds. The number of ether oxygens (including phenoxy) is 3. The first-order valence-corrected chi connectivity index (χ1v) is 10.9. The van der Waals surface area contributed by atoms with E-state index in [9.17, 15) is 14.0 Å². The lowest BCUT2D eigenvalue weighted by atomic mass is 9.93. The van der Waals surface area contributed by atoms with Gasteiger partial charge in [0, 0.05) is 17.3 Å². The van der Waals surface area contributed by atoms with Gasteiger partial charge in [-0.15, -0.1) is 4.90 Å². The predicted molar refractivity (Wildman–Crippen MR) is 126 cm³/mol. The molecule has 1 aromatic heterocycles. The summed E-state index contributed by atoms with van der Waals surface area (Å²) in [7, 11) is 1.12. The van der Waals surface area contributed by atoms with Crippen molar-refractivity contribution in [2.75, 3.05) is 18.6 Å². The Morgan fingerprint density at radius 3 is 2.38 bits per heavy atom. The Bertz CT molecular complexity index is 1020. The Kier molecular flexibility index (Phi) is 8.55. The molecule has 0 bridgehead atoms. The summed E-state index contributed by atoms with van der Waals surface area (Å²) in [6.45, 7) is 11.1. The largest absolute Gasteiger partial charge is 0.489 e. The summed E-state index contributed by atoms with van der Waals surface area (Å²) in [4.78, 5) is 33.6. The summed E-state index contributed by atoms with van der Waals surface area (Å²) in [5.74, 6) is -0.437. The number of hydrogen-bond acceptors (Lipinski definition) is 8. The summed E-state index contributed by atoms with van der Waals surface area (Å²) in [5, 5.41) is 0. The van der Waals surface area contributed by atoms with Gasteiger partial charge in [0.25, 0.3) is 0 Å². The quantitative estimate of drug-likeness (QED) is 0.598. The summed E-state index contributed by atoms with van der Waals surface area (Å²) in [6, 6.07) is 5.84. The van der Waals surface area contributed by atoms with Crippen LogP contribution in [-0.4, -0.2) is 47.0 Å². The van der Waals surface area contributed by atoms with Crippen molar-refractivity contribution in [2.24, 2.45) is 11.7 Å². The Hall–Kier alpha value is -3.27. The average Bonchev–Trinajstić information content (AvgIpc) is 2.70. The molecule has 10 heteroatoms. The Labute approximate surface area is 199 Å². The highest BCUT2D eigenvalue weighted by Crippen LogP contribution is 2.27. The zero-order chi connectivity index (χ0) is 25.7. The average molecular weight is 477 g/mol. The van der Waals surface area contributed by atoms with E-state index in [2.05, 4.69) is 28.6 Å². The molecule has 2 rings (SSSR count). The molecule has 2 aromatic rings. The zero-order valence-corrected chi connectivity index (χ0v) is 20.7. The number of halogens is 1. The van der Waals surface area contributed by atoms with Crippen molar-refractivity contribution in [3.05, 3.63) is 36.3 Å². The number of methoxy groups -OCH3 is 1. The van der Waals surface area contributed by atoms with Gasteiger partial charge < -0.3 is 19.9 Å². The Balaban J connectivity index is 2.29. The van der Waals surface area contributed by atoms with E-state index in [4.69, 9.17) is 15.2 Å². The van der Waals surface area contributed by atoms with Crippen molar-refractivity contribution >= 4 is 18.1 Å². The third kappa shape index (κ3) is 7.65. The minimum Gasteiger partial charge on any atom is -0.489 e. The van der Waals surface area contributed by atoms with Crippen LogP contribution in [0.1, 0.15) is 48.0 Å². The molecule has 0 saturated heterocycles. The normalized spacial score (nSPS) is 13.2. The molecule has 34 heavy (non-hydrogen) atoms. The van der Waals surface area contributed by atoms with Gasteiger partial charge in [0.2, 0.25) is 5.95 Å². The second-order valence-electron chi connectivity index (χ2n) is 9.71. The lowest BCUT2D eigenvalue weighted by Gasteiger charge is -2.26. The van der Waals surface area contributed by atoms with Crippen LogP contribution in [0.25, 0.3) is 11.3 Å². The molecule has 0 fully saturated rings. The SMILES string of the molecule is COC(=O)N(C(=O)OC(C)(C)C)c1nccc(-c2ccc(OC[C@@](C)(N)CC(C)C)c(F)c2)n1. The van der Waals surface area contributed by atoms with Crippen LogP contribution in [0.15, 0.2) is 30.5 Å². The summed E-state index contributed by atoms with van der Waals surface area (Å²) in [5.41, 5.74) is 5.44. The molecule has 0 radical (unpaired) electrons. The molecule has 0 spiro atoms. The van der Waals surface area contributed by atoms with Gasteiger partial charge >= 0.3 is 12.2 Å². The number of carbonyl (C=O) groups excluding carboxylic acids is 2. The van der Waals surface area contributed by atoms with Crippen LogP contribution in [-0.2, 0) is 9.47 Å². The molecule has 1 heterocycles.